The number of rotatable bonds is 22. The van der Waals surface area contributed by atoms with Gasteiger partial charge in [-0.25, -0.2) is 0 Å². The molecule has 0 radical (unpaired) electrons. The number of halogens is 3. The third kappa shape index (κ3) is 22.3. The normalized spacial score (nSPS) is 15.1. The fourth-order valence-electron chi connectivity index (χ4n) is 17.4. The van der Waals surface area contributed by atoms with Gasteiger partial charge in [-0.2, -0.15) is 13.2 Å². The summed E-state index contributed by atoms with van der Waals surface area (Å²) in [6.45, 7) is 20.3. The van der Waals surface area contributed by atoms with Crippen LogP contribution in [-0.2, 0) is 62.3 Å². The second-order valence-electron chi connectivity index (χ2n) is 36.3. The van der Waals surface area contributed by atoms with E-state index in [1.54, 1.807) is 43.4 Å². The molecule has 724 valence electrons. The van der Waals surface area contributed by atoms with Crippen molar-refractivity contribution >= 4 is 79.5 Å². The Morgan fingerprint density at radius 1 is 0.288 bits per heavy atom. The van der Waals surface area contributed by atoms with Gasteiger partial charge in [0.2, 0.25) is 13.6 Å². The van der Waals surface area contributed by atoms with Crippen molar-refractivity contribution in [2.45, 2.75) is 93.2 Å². The Morgan fingerprint density at radius 3 is 0.763 bits per heavy atom. The lowest BCUT2D eigenvalue weighted by atomic mass is 9.85. The number of allylic oxidation sites excluding steroid dienone is 5. The van der Waals surface area contributed by atoms with Gasteiger partial charge in [-0.05, 0) is 267 Å². The highest BCUT2D eigenvalue weighted by atomic mass is 19.4. The van der Waals surface area contributed by atoms with Gasteiger partial charge < -0.3 is 90.7 Å². The summed E-state index contributed by atoms with van der Waals surface area (Å²) in [4.78, 5) is 70.3. The number of ether oxygens (including phenoxy) is 15. The Kier molecular flexibility index (Phi) is 29.7. The number of benzene rings is 10. The molecule has 0 unspecified atom stereocenters. The van der Waals surface area contributed by atoms with Crippen LogP contribution >= 0.6 is 0 Å². The van der Waals surface area contributed by atoms with Gasteiger partial charge in [0.1, 0.15) is 68.4 Å². The van der Waals surface area contributed by atoms with Gasteiger partial charge in [-0.3, -0.25) is 24.0 Å². The lowest BCUT2D eigenvalue weighted by Gasteiger charge is -2.25. The molecule has 5 heterocycles. The van der Waals surface area contributed by atoms with Crippen LogP contribution in [0.1, 0.15) is 144 Å². The molecule has 20 rings (SSSR count). The number of hydrogen-bond donors (Lipinski definition) is 0. The molecule has 0 atom stereocenters. The molecule has 0 saturated carbocycles. The fraction of sp³-hybridized carbons (Fsp3) is 0.330. The minimum atomic E-state index is -4.48. The summed E-state index contributed by atoms with van der Waals surface area (Å²) < 4.78 is 125. The quantitative estimate of drug-likeness (QED) is 0.0613. The third-order valence-corrected chi connectivity index (χ3v) is 24.2. The van der Waals surface area contributed by atoms with Gasteiger partial charge in [0.15, 0.2) is 86.4 Å². The molecule has 5 aliphatic heterocycles. The number of carbonyl (C=O) groups excluding carboxylic acids is 5. The number of fused-ring (bicyclic) bond motifs is 10. The molecule has 10 aliphatic rings. The van der Waals surface area contributed by atoms with Crippen molar-refractivity contribution in [2.24, 2.45) is 11.8 Å². The zero-order valence-corrected chi connectivity index (χ0v) is 81.0. The lowest BCUT2D eigenvalue weighted by molar-refractivity contribution is -0.137. The Labute approximate surface area is 807 Å². The van der Waals surface area contributed by atoms with Crippen LogP contribution in [0.15, 0.2) is 182 Å². The van der Waals surface area contributed by atoms with E-state index in [-0.39, 0.29) is 61.3 Å². The molecule has 10 aromatic carbocycles. The first-order valence-electron chi connectivity index (χ1n) is 46.8. The van der Waals surface area contributed by atoms with E-state index < -0.39 is 11.7 Å². The van der Waals surface area contributed by atoms with Gasteiger partial charge in [0, 0.05) is 163 Å². The second-order valence-corrected chi connectivity index (χ2v) is 36.3. The summed E-state index contributed by atoms with van der Waals surface area (Å²) in [5.74, 6) is 11.0. The average molecular weight is 1890 g/mol. The summed E-state index contributed by atoms with van der Waals surface area (Å²) in [7, 11) is 16.0. The van der Waals surface area contributed by atoms with Gasteiger partial charge in [-0.15, -0.1) is 0 Å². The van der Waals surface area contributed by atoms with E-state index in [0.29, 0.717) is 155 Å². The summed E-state index contributed by atoms with van der Waals surface area (Å²) in [5, 5.41) is 0. The standard InChI is InChI=1S/C24H27NO4.2C23H25NO4.C22H23NO4.C20H15F3O4/c1-15(2)14-29-22-11-17(25(3)4)5-6-19(22)21-12-18(26)9-16-10-23-24(13-20(16)21)28-8-7-27-23;1-14(2)12-26-21-9-16(24(3)4)5-6-18(21)20-10-17(25)7-15-8-22-23(11-19(15)20)28-13-27-22;1-4-7-26-21-12-16(24(2)3)5-6-18(21)20-13-17(25)10-15-11-22-23(14-19(15)20)28-9-8-27-22;1-4-25-20-11-15(23(2)3)5-6-17(20)19-12-16(24)9-14-10-21-22(13-18(14)19)27-8-7-26-21;1-2-25-17-7-12(20(21,22)23)3-4-14(17)16-8-13(24)5-11-6-18-19(9-15(11)16)27-10-26-18/h5-6,10-13,15H,7-9,14H2,1-4H3;5-6,8-11,14H,7,12-13H2,1-4H3;5-6,11-14H,4,7-10H2,1-3H3;5-6,10-13H,4,7-9H2,1-3H3;3-4,6-9H,2,5,10H2,1H3. The fourth-order valence-corrected chi connectivity index (χ4v) is 17.4. The van der Waals surface area contributed by atoms with E-state index >= 15 is 0 Å². The largest absolute Gasteiger partial charge is 0.493 e. The van der Waals surface area contributed by atoms with E-state index in [0.717, 1.165) is 182 Å². The topological polar surface area (TPSA) is 237 Å². The number of alkyl halides is 3. The summed E-state index contributed by atoms with van der Waals surface area (Å²) in [6, 6.07) is 46.9. The Bertz CT molecular complexity index is 6590. The predicted molar refractivity (Wildman–Crippen MR) is 530 cm³/mol. The number of nitrogens with zero attached hydrogens (tertiary/aromatic N) is 4. The Morgan fingerprint density at radius 2 is 0.518 bits per heavy atom. The van der Waals surface area contributed by atoms with E-state index in [1.165, 1.54) is 12.1 Å². The Balaban J connectivity index is 0.000000125. The van der Waals surface area contributed by atoms with E-state index in [4.69, 9.17) is 71.1 Å². The Hall–Kier alpha value is -14.8. The van der Waals surface area contributed by atoms with Crippen LogP contribution in [0.25, 0.3) is 27.9 Å². The third-order valence-electron chi connectivity index (χ3n) is 24.2. The molecule has 10 aromatic rings. The monoisotopic (exact) mass is 1890 g/mol. The van der Waals surface area contributed by atoms with E-state index in [9.17, 15) is 37.1 Å². The van der Waals surface area contributed by atoms with Crippen LogP contribution < -0.4 is 90.7 Å². The second kappa shape index (κ2) is 42.5. The number of anilines is 4. The highest BCUT2D eigenvalue weighted by molar-refractivity contribution is 6.11. The number of hydrogen-bond acceptors (Lipinski definition) is 24. The van der Waals surface area contributed by atoms with Crippen molar-refractivity contribution in [3.05, 3.63) is 271 Å². The molecule has 0 aromatic heterocycles. The van der Waals surface area contributed by atoms with E-state index in [1.807, 2.05) is 198 Å². The van der Waals surface area contributed by atoms with Crippen LogP contribution in [0, 0.1) is 11.8 Å². The molecule has 0 fully saturated rings. The molecular formula is C112H115F3N4O20. The zero-order chi connectivity index (χ0) is 98.2. The first-order valence-corrected chi connectivity index (χ1v) is 46.8. The zero-order valence-electron chi connectivity index (χ0n) is 81.0. The minimum absolute atomic E-state index is 0.0767. The van der Waals surface area contributed by atoms with Crippen LogP contribution in [0.5, 0.6) is 86.2 Å². The molecule has 27 heteroatoms. The molecule has 139 heavy (non-hydrogen) atoms. The highest BCUT2D eigenvalue weighted by Gasteiger charge is 2.36. The van der Waals surface area contributed by atoms with Gasteiger partial charge in [0.05, 0.1) is 38.6 Å². The minimum Gasteiger partial charge on any atom is -0.493 e. The van der Waals surface area contributed by atoms with Crippen molar-refractivity contribution < 1.29 is 108 Å². The molecule has 24 nitrogen and oxygen atoms in total. The van der Waals surface area contributed by atoms with E-state index in [2.05, 4.69) is 40.7 Å². The van der Waals surface area contributed by atoms with Crippen molar-refractivity contribution in [1.82, 2.24) is 0 Å². The summed E-state index contributed by atoms with van der Waals surface area (Å²) >= 11 is 0. The van der Waals surface area contributed by atoms with Crippen molar-refractivity contribution in [1.29, 1.82) is 0 Å². The molecule has 0 amide bonds. The number of ketones is 5. The smallest absolute Gasteiger partial charge is 0.416 e. The maximum absolute atomic E-state index is 13.1. The average Bonchev–Trinajstić information content (AvgIpc) is 1.64. The first kappa shape index (κ1) is 97.3. The first-order chi connectivity index (χ1) is 66.8. The predicted octanol–water partition coefficient (Wildman–Crippen LogP) is 19.9. The molecule has 0 N–H and O–H groups in total. The molecule has 0 bridgehead atoms. The SMILES string of the molecule is CC(C)COc1cc(N(C)C)ccc1C1=CC(=O)Cc2cc3c(cc21)OCCO3.CC(C)COc1cc(N(C)C)ccc1C1=CC(=O)Cc2cc3c(cc21)OCO3.CCCOc1cc(N(C)C)ccc1C1=CC(=O)Cc2cc3c(cc21)OCCO3.CCOc1cc(C(F)(F)F)ccc1C1=CC(=O)Cc2cc3c(cc21)OCO3.CCOc1cc(N(C)C)ccc1C1=CC(=O)Cc2cc3c(cc21)OCCO3. The van der Waals surface area contributed by atoms with Crippen LogP contribution in [-0.4, -0.2) is 172 Å². The van der Waals surface area contributed by atoms with Gasteiger partial charge in [0.25, 0.3) is 0 Å². The van der Waals surface area contributed by atoms with Gasteiger partial charge in [-0.1, -0.05) is 40.7 Å². The summed E-state index contributed by atoms with van der Waals surface area (Å²) in [6.07, 6.45) is 6.43. The molecular weight excluding hydrogens is 1780 g/mol. The van der Waals surface area contributed by atoms with Crippen LogP contribution in [0.3, 0.4) is 0 Å². The van der Waals surface area contributed by atoms with Crippen LogP contribution in [0.2, 0.25) is 0 Å². The van der Waals surface area contributed by atoms with Gasteiger partial charge >= 0.3 is 6.18 Å². The molecule has 5 aliphatic carbocycles. The van der Waals surface area contributed by atoms with Crippen molar-refractivity contribution in [2.75, 3.05) is 162 Å². The maximum Gasteiger partial charge on any atom is 0.416 e. The lowest BCUT2D eigenvalue weighted by Crippen LogP contribution is -2.18. The molecule has 0 spiro atoms. The van der Waals surface area contributed by atoms with Crippen LogP contribution in [0.4, 0.5) is 35.9 Å². The maximum atomic E-state index is 13.1. The highest BCUT2D eigenvalue weighted by Crippen LogP contribution is 2.51. The number of carbonyl (C=O) groups is 5. The molecule has 0 saturated heterocycles. The summed E-state index contributed by atoms with van der Waals surface area (Å²) in [5.41, 5.74) is 20.8. The van der Waals surface area contributed by atoms with Crippen molar-refractivity contribution in [3.63, 3.8) is 0 Å². The van der Waals surface area contributed by atoms with Crippen molar-refractivity contribution in [3.8, 4) is 86.2 Å².